The van der Waals surface area contributed by atoms with Crippen LogP contribution in [0.1, 0.15) is 26.7 Å². The fourth-order valence-corrected chi connectivity index (χ4v) is 0.342. The summed E-state index contributed by atoms with van der Waals surface area (Å²) >= 11 is 7.28. The van der Waals surface area contributed by atoms with Gasteiger partial charge in [0.05, 0.1) is 0 Å². The van der Waals surface area contributed by atoms with E-state index in [1.54, 1.807) is 0 Å². The zero-order chi connectivity index (χ0) is 16.2. The van der Waals surface area contributed by atoms with Crippen LogP contribution in [0.4, 0.5) is 0 Å². The van der Waals surface area contributed by atoms with E-state index in [9.17, 15) is 9.79 Å². The molecule has 0 unspecified atom stereocenters. The van der Waals surface area contributed by atoms with Crippen molar-refractivity contribution in [1.29, 1.82) is 0 Å². The zero-order valence-electron chi connectivity index (χ0n) is 12.0. The summed E-state index contributed by atoms with van der Waals surface area (Å²) < 4.78 is 0. The number of benzene rings is 1. The molecule has 0 fully saturated rings. The Morgan fingerprint density at radius 2 is 1.30 bits per heavy atom. The standard InChI is InChI=1S/C6H5.2C3H7.CH4N.Mo.H3O2PS2/c1-2-4-6-5-3-1;2*1-3-2;1-2;;1-3(2,4)5/h1-5H;2*1,3H2,2H3;1-2H2;;(H3,1,2,4,5)/q4*-1;+3;/p-3. The maximum absolute atomic E-state index is 9.29. The minimum Gasteiger partial charge on any atom is -0.850 e. The molecule has 119 valence electrons. The maximum atomic E-state index is 9.29. The van der Waals surface area contributed by atoms with Crippen molar-refractivity contribution >= 4 is 29.7 Å². The first kappa shape index (κ1) is 32.7. The van der Waals surface area contributed by atoms with Gasteiger partial charge >= 0.3 is 21.1 Å². The third kappa shape index (κ3) is 129. The van der Waals surface area contributed by atoms with Crippen LogP contribution in [0.5, 0.6) is 0 Å². The number of rotatable bonds is 0. The van der Waals surface area contributed by atoms with Crippen LogP contribution in [0.15, 0.2) is 30.3 Å². The molecule has 0 bridgehead atoms. The molecular weight excluding hydrogens is 393 g/mol. The molecule has 0 aliphatic carbocycles. The van der Waals surface area contributed by atoms with Crippen LogP contribution in [0.2, 0.25) is 0 Å². The monoisotopic (exact) mass is 418 g/mol. The molecule has 3 nitrogen and oxygen atoms in total. The van der Waals surface area contributed by atoms with Crippen molar-refractivity contribution in [1.82, 2.24) is 0 Å². The Hall–Kier alpha value is 0.788. The van der Waals surface area contributed by atoms with Gasteiger partial charge in [0.1, 0.15) is 0 Å². The number of nitrogens with two attached hydrogens (primary N) is 1. The quantitative estimate of drug-likeness (QED) is 0.304. The molecule has 1 radical (unpaired) electrons. The molecule has 0 aliphatic rings. The van der Waals surface area contributed by atoms with E-state index >= 15 is 0 Å². The van der Waals surface area contributed by atoms with Crippen molar-refractivity contribution in [2.45, 2.75) is 26.7 Å². The average molecular weight is 416 g/mol. The van der Waals surface area contributed by atoms with Crippen LogP contribution in [0, 0.1) is 27.0 Å². The Balaban J connectivity index is -0.0000000493. The van der Waals surface area contributed by atoms with Crippen molar-refractivity contribution in [3.63, 3.8) is 0 Å². The third-order valence-corrected chi connectivity index (χ3v) is 0.607. The van der Waals surface area contributed by atoms with Gasteiger partial charge in [0, 0.05) is 0 Å². The van der Waals surface area contributed by atoms with E-state index in [1.165, 1.54) is 0 Å². The predicted molar refractivity (Wildman–Crippen MR) is 87.8 cm³/mol. The average Bonchev–Trinajstić information content (AvgIpc) is 2.34. The zero-order valence-corrected chi connectivity index (χ0v) is 16.5. The Labute approximate surface area is 150 Å². The molecule has 20 heavy (non-hydrogen) atoms. The molecule has 1 rings (SSSR count). The van der Waals surface area contributed by atoms with Gasteiger partial charge in [-0.2, -0.15) is 61.0 Å². The van der Waals surface area contributed by atoms with Gasteiger partial charge in [0.2, 0.25) is 0 Å². The first-order valence-electron chi connectivity index (χ1n) is 5.46. The molecule has 0 aromatic heterocycles. The van der Waals surface area contributed by atoms with E-state index in [0.717, 1.165) is 12.8 Å². The van der Waals surface area contributed by atoms with Gasteiger partial charge in [-0.25, -0.2) is 0 Å². The molecule has 0 heterocycles. The largest absolute Gasteiger partial charge is 3.00 e. The minimum absolute atomic E-state index is 0. The Kier molecular flexibility index (Phi) is 52.2. The second-order valence-electron chi connectivity index (χ2n) is 2.52. The first-order valence-corrected chi connectivity index (χ1v) is 9.11. The molecule has 1 aromatic rings. The van der Waals surface area contributed by atoms with Gasteiger partial charge in [-0.05, 0) is 0 Å². The first-order chi connectivity index (χ1) is 8.83. The second-order valence-corrected chi connectivity index (χ2v) is 7.00. The van der Waals surface area contributed by atoms with Gasteiger partial charge in [0.25, 0.3) is 0 Å². The Bertz CT molecular complexity index is 225. The molecule has 0 saturated carbocycles. The fraction of sp³-hybridized carbons (Fsp3) is 0.308. The maximum Gasteiger partial charge on any atom is 3.00 e. The van der Waals surface area contributed by atoms with E-state index in [2.05, 4.69) is 56.8 Å². The van der Waals surface area contributed by atoms with E-state index in [0.29, 0.717) is 0 Å². The summed E-state index contributed by atoms with van der Waals surface area (Å²) in [5.41, 5.74) is 0.528. The molecule has 1 aromatic carbocycles. The summed E-state index contributed by atoms with van der Waals surface area (Å²) in [6.45, 7) is 11.0. The number of hydrogen-bond donors (Lipinski definition) is 1. The van der Waals surface area contributed by atoms with E-state index in [-0.39, 0.29) is 21.1 Å². The Morgan fingerprint density at radius 3 is 1.35 bits per heavy atom. The van der Waals surface area contributed by atoms with Crippen LogP contribution in [-0.4, -0.2) is 0 Å². The van der Waals surface area contributed by atoms with Crippen molar-refractivity contribution in [2.75, 3.05) is 0 Å². The molecular formula is C13H23MoNO2PS2-4. The van der Waals surface area contributed by atoms with E-state index in [1.807, 2.05) is 44.2 Å². The molecule has 0 spiro atoms. The SMILES string of the molecule is [CH2-]CC.[CH2-]CC.[CH2-]N.[Mo+3].[O-]P([O-])(=S)[S-].[c-]1ccccc1. The van der Waals surface area contributed by atoms with Crippen molar-refractivity contribution < 1.29 is 30.9 Å². The van der Waals surface area contributed by atoms with Gasteiger partial charge in [-0.1, -0.05) is 13.8 Å². The topological polar surface area (TPSA) is 72.1 Å². The summed E-state index contributed by atoms with van der Waals surface area (Å²) in [4.78, 5) is 18.6. The van der Waals surface area contributed by atoms with Crippen LogP contribution >= 0.6 is 5.69 Å². The third-order valence-electron chi connectivity index (χ3n) is 0.607. The normalized spacial score (nSPS) is 7.45. The van der Waals surface area contributed by atoms with Crippen LogP contribution in [-0.2, 0) is 45.1 Å². The summed E-state index contributed by atoms with van der Waals surface area (Å²) in [5, 5.41) is 0. The van der Waals surface area contributed by atoms with Gasteiger partial charge in [-0.15, -0.1) is 0 Å². The molecule has 7 heteroatoms. The fourth-order valence-electron chi connectivity index (χ4n) is 0.342. The molecule has 2 N–H and O–H groups in total. The van der Waals surface area contributed by atoms with Crippen LogP contribution in [0.25, 0.3) is 0 Å². The van der Waals surface area contributed by atoms with Gasteiger partial charge in [-0.3, -0.25) is 7.05 Å². The summed E-state index contributed by atoms with van der Waals surface area (Å²) in [5.74, 6) is 0. The van der Waals surface area contributed by atoms with Gasteiger partial charge < -0.3 is 47.3 Å². The van der Waals surface area contributed by atoms with E-state index < -0.39 is 5.69 Å². The van der Waals surface area contributed by atoms with Crippen molar-refractivity contribution in [2.24, 2.45) is 5.73 Å². The molecule has 0 atom stereocenters. The van der Waals surface area contributed by atoms with Crippen molar-refractivity contribution in [3.8, 4) is 0 Å². The number of hydrogen-bond acceptors (Lipinski definition) is 5. The van der Waals surface area contributed by atoms with Crippen molar-refractivity contribution in [3.05, 3.63) is 57.3 Å². The van der Waals surface area contributed by atoms with Gasteiger partial charge in [0.15, 0.2) is 0 Å². The van der Waals surface area contributed by atoms with Crippen LogP contribution < -0.4 is 15.5 Å². The summed E-state index contributed by atoms with van der Waals surface area (Å²) in [6, 6.07) is 12.5. The van der Waals surface area contributed by atoms with E-state index in [4.69, 9.17) is 0 Å². The molecule has 0 aliphatic heterocycles. The summed E-state index contributed by atoms with van der Waals surface area (Å²) in [7, 11) is 2.75. The smallest absolute Gasteiger partial charge is 0.850 e. The second kappa shape index (κ2) is 31.9. The Morgan fingerprint density at radius 1 is 1.10 bits per heavy atom. The predicted octanol–water partition coefficient (Wildman–Crippen LogP) is 2.16. The summed E-state index contributed by atoms with van der Waals surface area (Å²) in [6.07, 6.45) is 2.00. The minimum atomic E-state index is -3.72. The van der Waals surface area contributed by atoms with Crippen LogP contribution in [0.3, 0.4) is 0 Å². The molecule has 0 saturated heterocycles. The molecule has 0 amide bonds.